The molecular weight excluding hydrogens is 416 g/mol. The highest BCUT2D eigenvalue weighted by Gasteiger charge is 2.07. The van der Waals surface area contributed by atoms with Crippen LogP contribution in [0.5, 0.6) is 0 Å². The van der Waals surface area contributed by atoms with Gasteiger partial charge >= 0.3 is 0 Å². The van der Waals surface area contributed by atoms with E-state index in [4.69, 9.17) is 10.7 Å². The maximum Gasteiger partial charge on any atom is 0.157 e. The molecular formula is C30H24N4. The monoisotopic (exact) mass is 440 g/mol. The summed E-state index contributed by atoms with van der Waals surface area (Å²) in [5.41, 5.74) is 12.5. The Hall–Kier alpha value is -4.57. The van der Waals surface area contributed by atoms with Crippen molar-refractivity contribution in [1.29, 1.82) is 0 Å². The van der Waals surface area contributed by atoms with E-state index in [9.17, 15) is 0 Å². The third-order valence-corrected chi connectivity index (χ3v) is 5.65. The Bertz CT molecular complexity index is 1450. The van der Waals surface area contributed by atoms with Crippen LogP contribution in [0.15, 0.2) is 131 Å². The summed E-state index contributed by atoms with van der Waals surface area (Å²) in [6.45, 7) is 0.507. The molecule has 0 amide bonds. The Morgan fingerprint density at radius 2 is 1.32 bits per heavy atom. The summed E-state index contributed by atoms with van der Waals surface area (Å²) in [5, 5.41) is 1.15. The second-order valence-corrected chi connectivity index (χ2v) is 7.94. The minimum atomic E-state index is 0.447. The van der Waals surface area contributed by atoms with Crippen LogP contribution in [0.25, 0.3) is 22.0 Å². The van der Waals surface area contributed by atoms with Gasteiger partial charge in [-0.15, -0.1) is 0 Å². The molecule has 0 saturated heterocycles. The molecule has 0 saturated carbocycles. The molecule has 4 nitrogen and oxygen atoms in total. The van der Waals surface area contributed by atoms with Crippen LogP contribution in [0.2, 0.25) is 0 Å². The summed E-state index contributed by atoms with van der Waals surface area (Å²) in [6, 6.07) is 38.4. The van der Waals surface area contributed by atoms with Gasteiger partial charge in [-0.3, -0.25) is 9.98 Å². The summed E-state index contributed by atoms with van der Waals surface area (Å²) < 4.78 is 0. The van der Waals surface area contributed by atoms with Gasteiger partial charge in [0, 0.05) is 22.7 Å². The standard InChI is InChI=1S/C30H24N4/c31-29(24-9-3-1-4-10-24)34-30(25-11-5-2-6-12-25)33-21-22-15-17-23(18-16-22)26-19-20-32-28-14-8-7-13-27(26)28/h1-20H,21H2,(H2,31,33,34). The van der Waals surface area contributed by atoms with Crippen molar-refractivity contribution in [1.82, 2.24) is 4.98 Å². The molecule has 5 rings (SSSR count). The molecule has 164 valence electrons. The van der Waals surface area contributed by atoms with E-state index in [2.05, 4.69) is 46.4 Å². The minimum Gasteiger partial charge on any atom is -0.383 e. The van der Waals surface area contributed by atoms with E-state index in [1.807, 2.05) is 85.1 Å². The molecule has 0 bridgehead atoms. The lowest BCUT2D eigenvalue weighted by molar-refractivity contribution is 1.06. The number of pyridine rings is 1. The molecule has 4 heteroatoms. The van der Waals surface area contributed by atoms with E-state index in [0.717, 1.165) is 33.2 Å². The highest BCUT2D eigenvalue weighted by Crippen LogP contribution is 2.27. The fourth-order valence-electron chi connectivity index (χ4n) is 3.87. The van der Waals surface area contributed by atoms with Gasteiger partial charge in [-0.2, -0.15) is 0 Å². The Kier molecular flexibility index (Phi) is 6.21. The summed E-state index contributed by atoms with van der Waals surface area (Å²) in [6.07, 6.45) is 1.86. The summed E-state index contributed by atoms with van der Waals surface area (Å²) >= 11 is 0. The van der Waals surface area contributed by atoms with Crippen molar-refractivity contribution in [2.24, 2.45) is 15.7 Å². The van der Waals surface area contributed by atoms with Crippen molar-refractivity contribution < 1.29 is 0 Å². The predicted molar refractivity (Wildman–Crippen MR) is 141 cm³/mol. The number of hydrogen-bond acceptors (Lipinski definition) is 2. The number of aliphatic imine (C=N–C) groups is 2. The van der Waals surface area contributed by atoms with Gasteiger partial charge in [0.2, 0.25) is 0 Å². The van der Waals surface area contributed by atoms with E-state index < -0.39 is 0 Å². The second kappa shape index (κ2) is 9.92. The van der Waals surface area contributed by atoms with Gasteiger partial charge in [-0.25, -0.2) is 4.99 Å². The molecule has 4 aromatic carbocycles. The van der Waals surface area contributed by atoms with E-state index in [1.54, 1.807) is 0 Å². The molecule has 0 fully saturated rings. The SMILES string of the molecule is N/C(=N\C(=N/Cc1ccc(-c2ccnc3ccccc23)cc1)c1ccccc1)c1ccccc1. The molecule has 0 unspecified atom stereocenters. The van der Waals surface area contributed by atoms with Crippen LogP contribution < -0.4 is 5.73 Å². The molecule has 34 heavy (non-hydrogen) atoms. The molecule has 0 aliphatic rings. The van der Waals surface area contributed by atoms with Crippen molar-refractivity contribution >= 4 is 22.6 Å². The van der Waals surface area contributed by atoms with E-state index in [-0.39, 0.29) is 0 Å². The van der Waals surface area contributed by atoms with Crippen LogP contribution >= 0.6 is 0 Å². The molecule has 2 N–H and O–H groups in total. The maximum atomic E-state index is 6.30. The first-order valence-electron chi connectivity index (χ1n) is 11.2. The average Bonchev–Trinajstić information content (AvgIpc) is 2.92. The number of nitrogens with two attached hydrogens (primary N) is 1. The lowest BCUT2D eigenvalue weighted by atomic mass is 10.0. The second-order valence-electron chi connectivity index (χ2n) is 7.94. The van der Waals surface area contributed by atoms with Gasteiger partial charge in [0.05, 0.1) is 12.1 Å². The zero-order chi connectivity index (χ0) is 23.2. The number of benzene rings is 4. The van der Waals surface area contributed by atoms with Gasteiger partial charge in [0.15, 0.2) is 5.84 Å². The predicted octanol–water partition coefficient (Wildman–Crippen LogP) is 6.25. The Balaban J connectivity index is 1.43. The van der Waals surface area contributed by atoms with Crippen LogP contribution in [-0.4, -0.2) is 16.7 Å². The fourth-order valence-corrected chi connectivity index (χ4v) is 3.87. The summed E-state index contributed by atoms with van der Waals surface area (Å²) in [4.78, 5) is 14.0. The largest absolute Gasteiger partial charge is 0.383 e. The third kappa shape index (κ3) is 4.76. The number of aromatic nitrogens is 1. The quantitative estimate of drug-likeness (QED) is 0.259. The molecule has 0 aliphatic heterocycles. The lowest BCUT2D eigenvalue weighted by Crippen LogP contribution is -2.16. The number of nitrogens with zero attached hydrogens (tertiary/aromatic N) is 3. The van der Waals surface area contributed by atoms with E-state index in [1.165, 1.54) is 5.56 Å². The van der Waals surface area contributed by atoms with Crippen LogP contribution in [0.3, 0.4) is 0 Å². The topological polar surface area (TPSA) is 63.6 Å². The van der Waals surface area contributed by atoms with Gasteiger partial charge in [-0.1, -0.05) is 103 Å². The fraction of sp³-hybridized carbons (Fsp3) is 0.0333. The first kappa shape index (κ1) is 21.3. The van der Waals surface area contributed by atoms with Crippen LogP contribution in [0.1, 0.15) is 16.7 Å². The van der Waals surface area contributed by atoms with Gasteiger partial charge in [-0.05, 0) is 28.8 Å². The summed E-state index contributed by atoms with van der Waals surface area (Å²) in [7, 11) is 0. The van der Waals surface area contributed by atoms with Crippen molar-refractivity contribution in [3.8, 4) is 11.1 Å². The van der Waals surface area contributed by atoms with Crippen LogP contribution in [-0.2, 0) is 6.54 Å². The minimum absolute atomic E-state index is 0.447. The van der Waals surface area contributed by atoms with Gasteiger partial charge in [0.1, 0.15) is 5.84 Å². The number of para-hydroxylation sites is 1. The number of fused-ring (bicyclic) bond motifs is 1. The Morgan fingerprint density at radius 1 is 0.676 bits per heavy atom. The summed E-state index contributed by atoms with van der Waals surface area (Å²) in [5.74, 6) is 1.06. The highest BCUT2D eigenvalue weighted by atomic mass is 15.0. The number of hydrogen-bond donors (Lipinski definition) is 1. The molecule has 5 aromatic rings. The zero-order valence-corrected chi connectivity index (χ0v) is 18.7. The van der Waals surface area contributed by atoms with Crippen molar-refractivity contribution in [3.05, 3.63) is 138 Å². The highest BCUT2D eigenvalue weighted by molar-refractivity contribution is 6.10. The molecule has 0 aliphatic carbocycles. The normalized spacial score (nSPS) is 12.1. The zero-order valence-electron chi connectivity index (χ0n) is 18.7. The third-order valence-electron chi connectivity index (χ3n) is 5.65. The Labute approximate surface area is 199 Å². The molecule has 1 aromatic heterocycles. The number of amidine groups is 2. The maximum absolute atomic E-state index is 6.30. The first-order chi connectivity index (χ1) is 16.8. The van der Waals surface area contributed by atoms with E-state index in [0.29, 0.717) is 18.2 Å². The van der Waals surface area contributed by atoms with Crippen LogP contribution in [0.4, 0.5) is 0 Å². The Morgan fingerprint density at radius 3 is 2.06 bits per heavy atom. The van der Waals surface area contributed by atoms with Crippen molar-refractivity contribution in [2.45, 2.75) is 6.54 Å². The van der Waals surface area contributed by atoms with Crippen molar-refractivity contribution in [2.75, 3.05) is 0 Å². The first-order valence-corrected chi connectivity index (χ1v) is 11.2. The number of rotatable bonds is 5. The van der Waals surface area contributed by atoms with Crippen molar-refractivity contribution in [3.63, 3.8) is 0 Å². The van der Waals surface area contributed by atoms with Crippen LogP contribution in [0, 0.1) is 0 Å². The van der Waals surface area contributed by atoms with E-state index >= 15 is 0 Å². The lowest BCUT2D eigenvalue weighted by Gasteiger charge is -2.08. The molecule has 1 heterocycles. The van der Waals surface area contributed by atoms with Gasteiger partial charge in [0.25, 0.3) is 0 Å². The molecule has 0 radical (unpaired) electrons. The smallest absolute Gasteiger partial charge is 0.157 e. The van der Waals surface area contributed by atoms with Gasteiger partial charge < -0.3 is 5.73 Å². The average molecular weight is 441 g/mol. The molecule has 0 spiro atoms. The molecule has 0 atom stereocenters.